The van der Waals surface area contributed by atoms with E-state index in [9.17, 15) is 9.59 Å². The molecule has 1 aromatic carbocycles. The highest BCUT2D eigenvalue weighted by atomic mass is 32.2. The number of aliphatic carboxylic acids is 1. The van der Waals surface area contributed by atoms with Crippen molar-refractivity contribution in [2.75, 3.05) is 12.0 Å². The summed E-state index contributed by atoms with van der Waals surface area (Å²) >= 11 is 1.75. The van der Waals surface area contributed by atoms with E-state index in [0.29, 0.717) is 5.56 Å². The van der Waals surface area contributed by atoms with Crippen LogP contribution in [-0.2, 0) is 4.79 Å². The fourth-order valence-electron chi connectivity index (χ4n) is 1.91. The Balaban J connectivity index is 2.85. The summed E-state index contributed by atoms with van der Waals surface area (Å²) in [7, 11) is 0. The van der Waals surface area contributed by atoms with Gasteiger partial charge in [0.1, 0.15) is 0 Å². The van der Waals surface area contributed by atoms with Gasteiger partial charge in [0, 0.05) is 17.7 Å². The number of carboxylic acid groups (broad SMARTS) is 1. The number of hydrogen-bond donors (Lipinski definition) is 2. The molecule has 0 saturated heterocycles. The molecule has 0 heterocycles. The van der Waals surface area contributed by atoms with Gasteiger partial charge in [-0.2, -0.15) is 11.8 Å². The fourth-order valence-corrected chi connectivity index (χ4v) is 2.50. The number of rotatable bonds is 7. The predicted octanol–water partition coefficient (Wildman–Crippen LogP) is 2.96. The molecule has 0 spiro atoms. The van der Waals surface area contributed by atoms with E-state index in [2.05, 4.69) is 5.32 Å². The molecule has 0 saturated carbocycles. The average Bonchev–Trinajstić information content (AvgIpc) is 2.43. The topological polar surface area (TPSA) is 66.4 Å². The summed E-state index contributed by atoms with van der Waals surface area (Å²) in [4.78, 5) is 22.9. The SMILES string of the molecule is CSCCC(C)NC(=O)c1cccc(/C=C/C(=O)O)c1C. The second-order valence-corrected chi connectivity index (χ2v) is 5.83. The first-order valence-corrected chi connectivity index (χ1v) is 8.15. The van der Waals surface area contributed by atoms with Crippen LogP contribution in [0.1, 0.15) is 34.8 Å². The van der Waals surface area contributed by atoms with Crippen molar-refractivity contribution < 1.29 is 14.7 Å². The molecule has 0 radical (unpaired) electrons. The first kappa shape index (κ1) is 17.3. The molecule has 1 rings (SSSR count). The molecule has 5 heteroatoms. The van der Waals surface area contributed by atoms with Crippen molar-refractivity contribution in [2.24, 2.45) is 0 Å². The van der Waals surface area contributed by atoms with Crippen LogP contribution in [0, 0.1) is 6.92 Å². The predicted molar refractivity (Wildman–Crippen MR) is 87.8 cm³/mol. The summed E-state index contributed by atoms with van der Waals surface area (Å²) in [6, 6.07) is 5.42. The lowest BCUT2D eigenvalue weighted by molar-refractivity contribution is -0.131. The van der Waals surface area contributed by atoms with E-state index in [0.717, 1.165) is 29.4 Å². The fraction of sp³-hybridized carbons (Fsp3) is 0.375. The monoisotopic (exact) mass is 307 g/mol. The normalized spacial score (nSPS) is 12.3. The van der Waals surface area contributed by atoms with Gasteiger partial charge in [0.25, 0.3) is 5.91 Å². The third-order valence-corrected chi connectivity index (χ3v) is 3.80. The molecule has 21 heavy (non-hydrogen) atoms. The highest BCUT2D eigenvalue weighted by Crippen LogP contribution is 2.16. The van der Waals surface area contributed by atoms with E-state index in [4.69, 9.17) is 5.11 Å². The second kappa shape index (κ2) is 8.52. The Morgan fingerprint density at radius 2 is 2.14 bits per heavy atom. The molecule has 1 aromatic rings. The highest BCUT2D eigenvalue weighted by molar-refractivity contribution is 7.98. The highest BCUT2D eigenvalue weighted by Gasteiger charge is 2.13. The average molecular weight is 307 g/mol. The van der Waals surface area contributed by atoms with Crippen LogP contribution in [0.4, 0.5) is 0 Å². The van der Waals surface area contributed by atoms with E-state index in [-0.39, 0.29) is 11.9 Å². The van der Waals surface area contributed by atoms with Crippen LogP contribution in [0.15, 0.2) is 24.3 Å². The molecule has 0 aliphatic heterocycles. The number of nitrogens with one attached hydrogen (secondary N) is 1. The van der Waals surface area contributed by atoms with Gasteiger partial charge in [-0.25, -0.2) is 4.79 Å². The van der Waals surface area contributed by atoms with Crippen molar-refractivity contribution in [3.05, 3.63) is 41.0 Å². The van der Waals surface area contributed by atoms with Gasteiger partial charge in [-0.05, 0) is 55.5 Å². The molecule has 1 unspecified atom stereocenters. The Morgan fingerprint density at radius 1 is 1.43 bits per heavy atom. The quantitative estimate of drug-likeness (QED) is 0.760. The first-order valence-electron chi connectivity index (χ1n) is 6.76. The lowest BCUT2D eigenvalue weighted by Gasteiger charge is -2.15. The van der Waals surface area contributed by atoms with E-state index < -0.39 is 5.97 Å². The molecular formula is C16H21NO3S. The molecule has 0 aliphatic rings. The largest absolute Gasteiger partial charge is 0.478 e. The lowest BCUT2D eigenvalue weighted by Crippen LogP contribution is -2.33. The van der Waals surface area contributed by atoms with E-state index >= 15 is 0 Å². The summed E-state index contributed by atoms with van der Waals surface area (Å²) in [5.41, 5.74) is 2.10. The minimum Gasteiger partial charge on any atom is -0.478 e. The van der Waals surface area contributed by atoms with Crippen molar-refractivity contribution in [1.82, 2.24) is 5.32 Å². The lowest BCUT2D eigenvalue weighted by atomic mass is 10.0. The van der Waals surface area contributed by atoms with Gasteiger partial charge in [0.2, 0.25) is 0 Å². The van der Waals surface area contributed by atoms with Crippen LogP contribution in [0.25, 0.3) is 6.08 Å². The standard InChI is InChI=1S/C16H21NO3S/c1-11(9-10-21-3)17-16(20)14-6-4-5-13(12(14)2)7-8-15(18)19/h4-8,11H,9-10H2,1-3H3,(H,17,20)(H,18,19)/b8-7+. The van der Waals surface area contributed by atoms with Crippen LogP contribution in [0.3, 0.4) is 0 Å². The number of amides is 1. The number of hydrogen-bond acceptors (Lipinski definition) is 3. The van der Waals surface area contributed by atoms with Crippen molar-refractivity contribution >= 4 is 29.7 Å². The van der Waals surface area contributed by atoms with Gasteiger partial charge in [0.05, 0.1) is 0 Å². The van der Waals surface area contributed by atoms with Crippen LogP contribution in [-0.4, -0.2) is 35.0 Å². The molecular weight excluding hydrogens is 286 g/mol. The van der Waals surface area contributed by atoms with Crippen LogP contribution in [0.2, 0.25) is 0 Å². The van der Waals surface area contributed by atoms with Gasteiger partial charge in [-0.1, -0.05) is 12.1 Å². The molecule has 0 aromatic heterocycles. The number of thioether (sulfide) groups is 1. The zero-order valence-electron chi connectivity index (χ0n) is 12.6. The molecule has 0 aliphatic carbocycles. The molecule has 114 valence electrons. The molecule has 2 N–H and O–H groups in total. The maximum Gasteiger partial charge on any atom is 0.328 e. The first-order chi connectivity index (χ1) is 9.95. The Kier molecular flexibility index (Phi) is 7.02. The Hall–Kier alpha value is -1.75. The smallest absolute Gasteiger partial charge is 0.328 e. The number of benzene rings is 1. The van der Waals surface area contributed by atoms with Crippen LogP contribution < -0.4 is 5.32 Å². The van der Waals surface area contributed by atoms with E-state index in [1.54, 1.807) is 30.0 Å². The summed E-state index contributed by atoms with van der Waals surface area (Å²) in [6.07, 6.45) is 5.54. The van der Waals surface area contributed by atoms with Crippen LogP contribution in [0.5, 0.6) is 0 Å². The summed E-state index contributed by atoms with van der Waals surface area (Å²) in [5, 5.41) is 11.6. The van der Waals surface area contributed by atoms with E-state index in [1.165, 1.54) is 6.08 Å². The van der Waals surface area contributed by atoms with Gasteiger partial charge < -0.3 is 10.4 Å². The number of carboxylic acids is 1. The molecule has 4 nitrogen and oxygen atoms in total. The van der Waals surface area contributed by atoms with Gasteiger partial charge >= 0.3 is 5.97 Å². The summed E-state index contributed by atoms with van der Waals surface area (Å²) in [6.45, 7) is 3.81. The summed E-state index contributed by atoms with van der Waals surface area (Å²) < 4.78 is 0. The third kappa shape index (κ3) is 5.63. The van der Waals surface area contributed by atoms with Crippen LogP contribution >= 0.6 is 11.8 Å². The van der Waals surface area contributed by atoms with Gasteiger partial charge in [-0.15, -0.1) is 0 Å². The number of carbonyl (C=O) groups is 2. The number of carbonyl (C=O) groups excluding carboxylic acids is 1. The Bertz CT molecular complexity index is 540. The zero-order chi connectivity index (χ0) is 15.8. The van der Waals surface area contributed by atoms with Gasteiger partial charge in [0.15, 0.2) is 0 Å². The second-order valence-electron chi connectivity index (χ2n) is 4.85. The molecule has 0 bridgehead atoms. The minimum atomic E-state index is -1.00. The van der Waals surface area contributed by atoms with E-state index in [1.807, 2.05) is 20.1 Å². The Morgan fingerprint density at radius 3 is 2.76 bits per heavy atom. The zero-order valence-corrected chi connectivity index (χ0v) is 13.4. The van der Waals surface area contributed by atoms with Crippen molar-refractivity contribution in [3.63, 3.8) is 0 Å². The molecule has 1 atom stereocenters. The molecule has 0 fully saturated rings. The van der Waals surface area contributed by atoms with Crippen molar-refractivity contribution in [2.45, 2.75) is 26.3 Å². The third-order valence-electron chi connectivity index (χ3n) is 3.16. The maximum atomic E-state index is 12.3. The Labute approximate surface area is 129 Å². The molecule has 1 amide bonds. The van der Waals surface area contributed by atoms with Gasteiger partial charge in [-0.3, -0.25) is 4.79 Å². The summed E-state index contributed by atoms with van der Waals surface area (Å²) in [5.74, 6) is -0.122. The minimum absolute atomic E-state index is 0.113. The van der Waals surface area contributed by atoms with Crippen molar-refractivity contribution in [1.29, 1.82) is 0 Å². The van der Waals surface area contributed by atoms with Crippen molar-refractivity contribution in [3.8, 4) is 0 Å². The maximum absolute atomic E-state index is 12.3.